The van der Waals surface area contributed by atoms with Crippen LogP contribution in [0.15, 0.2) is 61.2 Å². The number of methoxy groups -OCH3 is 1. The lowest BCUT2D eigenvalue weighted by Crippen LogP contribution is -2.00. The summed E-state index contributed by atoms with van der Waals surface area (Å²) >= 11 is 0. The molecule has 0 aliphatic carbocycles. The molecular weight excluding hydrogens is 232 g/mol. The van der Waals surface area contributed by atoms with Gasteiger partial charge in [-0.1, -0.05) is 48.0 Å². The van der Waals surface area contributed by atoms with E-state index >= 15 is 0 Å². The Labute approximate surface area is 115 Å². The molecule has 0 aromatic heterocycles. The van der Waals surface area contributed by atoms with Gasteiger partial charge in [0.2, 0.25) is 0 Å². The molecule has 0 aliphatic heterocycles. The van der Waals surface area contributed by atoms with Crippen molar-refractivity contribution in [3.63, 3.8) is 0 Å². The third kappa shape index (κ3) is 3.47. The Morgan fingerprint density at radius 1 is 1.05 bits per heavy atom. The predicted molar refractivity (Wildman–Crippen MR) is 80.8 cm³/mol. The minimum atomic E-state index is 0.356. The van der Waals surface area contributed by atoms with E-state index in [1.165, 1.54) is 16.7 Å². The SMILES string of the molecule is C=C[C@@H](Cc1ccc(OC)cc1)c1ccc(C)cc1. The molecule has 0 unspecified atom stereocenters. The number of aryl methyl sites for hydroxylation is 1. The van der Waals surface area contributed by atoms with Crippen molar-refractivity contribution in [2.24, 2.45) is 0 Å². The highest BCUT2D eigenvalue weighted by Crippen LogP contribution is 2.23. The van der Waals surface area contributed by atoms with Crippen molar-refractivity contribution in [2.45, 2.75) is 19.3 Å². The highest BCUT2D eigenvalue weighted by atomic mass is 16.5. The van der Waals surface area contributed by atoms with E-state index in [1.807, 2.05) is 18.2 Å². The van der Waals surface area contributed by atoms with Gasteiger partial charge in [-0.05, 0) is 36.6 Å². The molecule has 2 aromatic carbocycles. The third-order valence-corrected chi connectivity index (χ3v) is 3.40. The summed E-state index contributed by atoms with van der Waals surface area (Å²) < 4.78 is 5.18. The standard InChI is InChI=1S/C18H20O/c1-4-16(17-9-5-14(2)6-10-17)13-15-7-11-18(19-3)12-8-15/h4-12,16H,1,13H2,2-3H3/t16-/m0/s1. The number of hydrogen-bond donors (Lipinski definition) is 0. The Balaban J connectivity index is 2.14. The van der Waals surface area contributed by atoms with Crippen LogP contribution in [0.5, 0.6) is 5.75 Å². The number of benzene rings is 2. The molecular formula is C18H20O. The van der Waals surface area contributed by atoms with Crippen LogP contribution in [0.1, 0.15) is 22.6 Å². The zero-order valence-corrected chi connectivity index (χ0v) is 11.6. The normalized spacial score (nSPS) is 11.9. The van der Waals surface area contributed by atoms with Crippen LogP contribution < -0.4 is 4.74 Å². The molecule has 2 aromatic rings. The van der Waals surface area contributed by atoms with Gasteiger partial charge in [-0.3, -0.25) is 0 Å². The largest absolute Gasteiger partial charge is 0.497 e. The summed E-state index contributed by atoms with van der Waals surface area (Å²) in [5.74, 6) is 1.25. The van der Waals surface area contributed by atoms with Crippen LogP contribution in [0, 0.1) is 6.92 Å². The van der Waals surface area contributed by atoms with Crippen LogP contribution >= 0.6 is 0 Å². The number of hydrogen-bond acceptors (Lipinski definition) is 1. The summed E-state index contributed by atoms with van der Waals surface area (Å²) in [6, 6.07) is 16.9. The van der Waals surface area contributed by atoms with Crippen molar-refractivity contribution in [1.82, 2.24) is 0 Å². The number of rotatable bonds is 5. The van der Waals surface area contributed by atoms with E-state index < -0.39 is 0 Å². The molecule has 0 spiro atoms. The molecule has 0 radical (unpaired) electrons. The Morgan fingerprint density at radius 2 is 1.68 bits per heavy atom. The molecule has 0 N–H and O–H groups in total. The van der Waals surface area contributed by atoms with Gasteiger partial charge >= 0.3 is 0 Å². The predicted octanol–water partition coefficient (Wildman–Crippen LogP) is 4.52. The molecule has 98 valence electrons. The van der Waals surface area contributed by atoms with Crippen molar-refractivity contribution in [2.75, 3.05) is 7.11 Å². The van der Waals surface area contributed by atoms with E-state index in [4.69, 9.17) is 4.74 Å². The number of allylic oxidation sites excluding steroid dienone is 1. The Hall–Kier alpha value is -2.02. The van der Waals surface area contributed by atoms with Gasteiger partial charge in [-0.15, -0.1) is 6.58 Å². The van der Waals surface area contributed by atoms with Gasteiger partial charge < -0.3 is 4.74 Å². The first kappa shape index (κ1) is 13.4. The Bertz CT molecular complexity index is 523. The lowest BCUT2D eigenvalue weighted by Gasteiger charge is -2.13. The molecule has 2 rings (SSSR count). The molecule has 0 amide bonds. The number of ether oxygens (including phenoxy) is 1. The van der Waals surface area contributed by atoms with Gasteiger partial charge in [0.25, 0.3) is 0 Å². The van der Waals surface area contributed by atoms with E-state index in [-0.39, 0.29) is 0 Å². The van der Waals surface area contributed by atoms with Crippen LogP contribution in [-0.4, -0.2) is 7.11 Å². The topological polar surface area (TPSA) is 9.23 Å². The van der Waals surface area contributed by atoms with Crippen LogP contribution in [0.4, 0.5) is 0 Å². The summed E-state index contributed by atoms with van der Waals surface area (Å²) in [5, 5.41) is 0. The molecule has 19 heavy (non-hydrogen) atoms. The van der Waals surface area contributed by atoms with Crippen molar-refractivity contribution in [1.29, 1.82) is 0 Å². The van der Waals surface area contributed by atoms with Crippen LogP contribution in [0.3, 0.4) is 0 Å². The molecule has 0 saturated heterocycles. The quantitative estimate of drug-likeness (QED) is 0.711. The molecule has 1 atom stereocenters. The van der Waals surface area contributed by atoms with E-state index in [2.05, 4.69) is 49.9 Å². The first-order valence-electron chi connectivity index (χ1n) is 6.55. The summed E-state index contributed by atoms with van der Waals surface area (Å²) in [5.41, 5.74) is 3.90. The zero-order valence-electron chi connectivity index (χ0n) is 11.6. The van der Waals surface area contributed by atoms with Crippen LogP contribution in [-0.2, 0) is 6.42 Å². The average molecular weight is 252 g/mol. The Kier molecular flexibility index (Phi) is 4.40. The van der Waals surface area contributed by atoms with Gasteiger partial charge in [-0.2, -0.15) is 0 Å². The maximum absolute atomic E-state index is 5.18. The summed E-state index contributed by atoms with van der Waals surface area (Å²) in [6.45, 7) is 6.07. The van der Waals surface area contributed by atoms with Crippen LogP contribution in [0.2, 0.25) is 0 Å². The summed E-state index contributed by atoms with van der Waals surface area (Å²) in [4.78, 5) is 0. The molecule has 1 heteroatoms. The summed E-state index contributed by atoms with van der Waals surface area (Å²) in [7, 11) is 1.69. The zero-order chi connectivity index (χ0) is 13.7. The van der Waals surface area contributed by atoms with Crippen molar-refractivity contribution in [3.05, 3.63) is 77.9 Å². The second-order valence-electron chi connectivity index (χ2n) is 4.81. The van der Waals surface area contributed by atoms with Gasteiger partial charge in [0.05, 0.1) is 7.11 Å². The molecule has 0 aliphatic rings. The first-order chi connectivity index (χ1) is 9.22. The minimum Gasteiger partial charge on any atom is -0.497 e. The van der Waals surface area contributed by atoms with Crippen molar-refractivity contribution < 1.29 is 4.74 Å². The highest BCUT2D eigenvalue weighted by molar-refractivity contribution is 5.32. The van der Waals surface area contributed by atoms with E-state index in [9.17, 15) is 0 Å². The molecule has 0 fully saturated rings. The lowest BCUT2D eigenvalue weighted by atomic mass is 9.91. The maximum atomic E-state index is 5.18. The monoisotopic (exact) mass is 252 g/mol. The second kappa shape index (κ2) is 6.24. The van der Waals surface area contributed by atoms with E-state index in [1.54, 1.807) is 7.11 Å². The highest BCUT2D eigenvalue weighted by Gasteiger charge is 2.08. The maximum Gasteiger partial charge on any atom is 0.118 e. The molecule has 0 bridgehead atoms. The van der Waals surface area contributed by atoms with Gasteiger partial charge in [0.1, 0.15) is 5.75 Å². The van der Waals surface area contributed by atoms with Crippen LogP contribution in [0.25, 0.3) is 0 Å². The molecule has 1 nitrogen and oxygen atoms in total. The Morgan fingerprint density at radius 3 is 2.21 bits per heavy atom. The molecule has 0 saturated carbocycles. The average Bonchev–Trinajstić information content (AvgIpc) is 2.46. The van der Waals surface area contributed by atoms with E-state index in [0.717, 1.165) is 12.2 Å². The summed E-state index contributed by atoms with van der Waals surface area (Å²) in [6.07, 6.45) is 2.99. The minimum absolute atomic E-state index is 0.356. The first-order valence-corrected chi connectivity index (χ1v) is 6.55. The fraction of sp³-hybridized carbons (Fsp3) is 0.222. The van der Waals surface area contributed by atoms with Gasteiger partial charge in [0.15, 0.2) is 0 Å². The smallest absolute Gasteiger partial charge is 0.118 e. The van der Waals surface area contributed by atoms with Gasteiger partial charge in [-0.25, -0.2) is 0 Å². The van der Waals surface area contributed by atoms with E-state index in [0.29, 0.717) is 5.92 Å². The lowest BCUT2D eigenvalue weighted by molar-refractivity contribution is 0.414. The van der Waals surface area contributed by atoms with Crippen molar-refractivity contribution in [3.8, 4) is 5.75 Å². The fourth-order valence-corrected chi connectivity index (χ4v) is 2.17. The van der Waals surface area contributed by atoms with Gasteiger partial charge in [0, 0.05) is 5.92 Å². The second-order valence-corrected chi connectivity index (χ2v) is 4.81. The third-order valence-electron chi connectivity index (χ3n) is 3.40. The fourth-order valence-electron chi connectivity index (χ4n) is 2.17. The van der Waals surface area contributed by atoms with Crippen molar-refractivity contribution >= 4 is 0 Å². The molecule has 0 heterocycles.